The first-order valence-electron chi connectivity index (χ1n) is 5.88. The van der Waals surface area contributed by atoms with E-state index in [1.54, 1.807) is 4.90 Å². The normalized spacial score (nSPS) is 15.6. The minimum atomic E-state index is -0.559. The quantitative estimate of drug-likeness (QED) is 0.675. The average molecular weight is 257 g/mol. The van der Waals surface area contributed by atoms with Crippen molar-refractivity contribution < 1.29 is 23.8 Å². The molecule has 1 aliphatic heterocycles. The molecule has 0 unspecified atom stereocenters. The zero-order chi connectivity index (χ0) is 13.5. The molecule has 6 heteroatoms. The van der Waals surface area contributed by atoms with E-state index < -0.39 is 11.9 Å². The molecule has 0 aromatic rings. The molecule has 1 aliphatic rings. The van der Waals surface area contributed by atoms with Gasteiger partial charge in [0.2, 0.25) is 0 Å². The third-order valence-corrected chi connectivity index (χ3v) is 2.69. The van der Waals surface area contributed by atoms with Gasteiger partial charge in [0, 0.05) is 6.54 Å². The van der Waals surface area contributed by atoms with Crippen LogP contribution in [0.2, 0.25) is 0 Å². The van der Waals surface area contributed by atoms with Crippen LogP contribution in [0.1, 0.15) is 19.8 Å². The summed E-state index contributed by atoms with van der Waals surface area (Å²) in [7, 11) is 2.56. The summed E-state index contributed by atoms with van der Waals surface area (Å²) in [6, 6.07) is 0. The van der Waals surface area contributed by atoms with Gasteiger partial charge in [-0.2, -0.15) is 0 Å². The molecule has 18 heavy (non-hydrogen) atoms. The maximum atomic E-state index is 11.8. The number of unbranched alkanes of at least 4 members (excludes halogenated alkanes) is 1. The lowest BCUT2D eigenvalue weighted by Crippen LogP contribution is -2.39. The molecule has 6 nitrogen and oxygen atoms in total. The van der Waals surface area contributed by atoms with Gasteiger partial charge in [-0.05, 0) is 6.42 Å². The van der Waals surface area contributed by atoms with Crippen LogP contribution in [0.5, 0.6) is 0 Å². The van der Waals surface area contributed by atoms with Gasteiger partial charge in [0.05, 0.1) is 26.4 Å². The molecule has 102 valence electrons. The van der Waals surface area contributed by atoms with Gasteiger partial charge < -0.3 is 19.1 Å². The van der Waals surface area contributed by atoms with Crippen molar-refractivity contribution in [2.45, 2.75) is 19.8 Å². The van der Waals surface area contributed by atoms with Crippen LogP contribution < -0.4 is 0 Å². The molecule has 0 aromatic heterocycles. The Balaban J connectivity index is 3.04. The maximum Gasteiger partial charge on any atom is 0.355 e. The molecule has 0 bridgehead atoms. The lowest BCUT2D eigenvalue weighted by atomic mass is 10.1. The van der Waals surface area contributed by atoms with Crippen LogP contribution in [0.4, 0.5) is 0 Å². The van der Waals surface area contributed by atoms with E-state index in [1.807, 2.05) is 6.92 Å². The number of esters is 2. The monoisotopic (exact) mass is 257 g/mol. The fourth-order valence-electron chi connectivity index (χ4n) is 1.73. The standard InChI is InChI=1S/C12H19NO5/c1-4-5-6-13-8-18-7-9(11(14)16-2)10(13)12(15)17-3/h4-8H2,1-3H3. The zero-order valence-corrected chi connectivity index (χ0v) is 11.0. The predicted molar refractivity (Wildman–Crippen MR) is 63.5 cm³/mol. The van der Waals surface area contributed by atoms with Gasteiger partial charge >= 0.3 is 11.9 Å². The van der Waals surface area contributed by atoms with Crippen LogP contribution in [0, 0.1) is 0 Å². The number of rotatable bonds is 5. The first-order chi connectivity index (χ1) is 8.65. The van der Waals surface area contributed by atoms with E-state index in [9.17, 15) is 9.59 Å². The first kappa shape index (κ1) is 14.5. The van der Waals surface area contributed by atoms with Crippen molar-refractivity contribution in [3.63, 3.8) is 0 Å². The number of hydrogen-bond acceptors (Lipinski definition) is 6. The fourth-order valence-corrected chi connectivity index (χ4v) is 1.73. The first-order valence-corrected chi connectivity index (χ1v) is 5.88. The number of methoxy groups -OCH3 is 2. The molecule has 0 radical (unpaired) electrons. The molecule has 0 aliphatic carbocycles. The highest BCUT2D eigenvalue weighted by Gasteiger charge is 2.30. The average Bonchev–Trinajstić information content (AvgIpc) is 2.42. The molecule has 0 saturated carbocycles. The number of carbonyl (C=O) groups is 2. The minimum absolute atomic E-state index is 0.0692. The van der Waals surface area contributed by atoms with E-state index in [1.165, 1.54) is 14.2 Å². The lowest BCUT2D eigenvalue weighted by Gasteiger charge is -2.31. The maximum absolute atomic E-state index is 11.8. The van der Waals surface area contributed by atoms with Crippen LogP contribution in [0.3, 0.4) is 0 Å². The smallest absolute Gasteiger partial charge is 0.355 e. The molecule has 1 rings (SSSR count). The molecule has 0 saturated heterocycles. The van der Waals surface area contributed by atoms with Gasteiger partial charge in [-0.1, -0.05) is 13.3 Å². The van der Waals surface area contributed by atoms with E-state index in [-0.39, 0.29) is 24.6 Å². The highest BCUT2D eigenvalue weighted by molar-refractivity contribution is 6.00. The highest BCUT2D eigenvalue weighted by atomic mass is 16.5. The summed E-state index contributed by atoms with van der Waals surface area (Å²) in [5.74, 6) is -1.09. The molecular formula is C12H19NO5. The lowest BCUT2D eigenvalue weighted by molar-refractivity contribution is -0.144. The van der Waals surface area contributed by atoms with Crippen molar-refractivity contribution in [3.8, 4) is 0 Å². The van der Waals surface area contributed by atoms with Crippen LogP contribution >= 0.6 is 0 Å². The highest BCUT2D eigenvalue weighted by Crippen LogP contribution is 2.20. The molecule has 0 amide bonds. The number of carbonyl (C=O) groups excluding carboxylic acids is 2. The number of nitrogens with zero attached hydrogens (tertiary/aromatic N) is 1. The van der Waals surface area contributed by atoms with Crippen LogP contribution in [-0.4, -0.2) is 50.9 Å². The van der Waals surface area contributed by atoms with Crippen molar-refractivity contribution in [1.82, 2.24) is 4.90 Å². The third kappa shape index (κ3) is 3.22. The van der Waals surface area contributed by atoms with E-state index in [0.717, 1.165) is 12.8 Å². The Labute approximate surface area is 106 Å². The van der Waals surface area contributed by atoms with E-state index in [4.69, 9.17) is 9.47 Å². The van der Waals surface area contributed by atoms with Crippen LogP contribution in [0.25, 0.3) is 0 Å². The van der Waals surface area contributed by atoms with Gasteiger partial charge in [-0.15, -0.1) is 0 Å². The van der Waals surface area contributed by atoms with Crippen molar-refractivity contribution in [3.05, 3.63) is 11.3 Å². The van der Waals surface area contributed by atoms with Gasteiger partial charge in [0.15, 0.2) is 0 Å². The Morgan fingerprint density at radius 1 is 1.28 bits per heavy atom. The second-order valence-electron chi connectivity index (χ2n) is 3.90. The van der Waals surface area contributed by atoms with Crippen molar-refractivity contribution in [2.75, 3.05) is 34.1 Å². The third-order valence-electron chi connectivity index (χ3n) is 2.69. The summed E-state index contributed by atoms with van der Waals surface area (Å²) in [4.78, 5) is 25.1. The zero-order valence-electron chi connectivity index (χ0n) is 11.0. The number of ether oxygens (including phenoxy) is 3. The van der Waals surface area contributed by atoms with Crippen LogP contribution in [-0.2, 0) is 23.8 Å². The van der Waals surface area contributed by atoms with Gasteiger partial charge in [-0.3, -0.25) is 0 Å². The summed E-state index contributed by atoms with van der Waals surface area (Å²) in [5, 5.41) is 0. The second kappa shape index (κ2) is 7.00. The molecule has 0 fully saturated rings. The summed E-state index contributed by atoms with van der Waals surface area (Å²) in [5.41, 5.74) is 0.468. The molecule has 0 atom stereocenters. The number of hydrogen-bond donors (Lipinski definition) is 0. The molecule has 0 spiro atoms. The SMILES string of the molecule is CCCCN1COCC(C(=O)OC)=C1C(=O)OC. The summed E-state index contributed by atoms with van der Waals surface area (Å²) in [6.45, 7) is 3.04. The van der Waals surface area contributed by atoms with Crippen molar-refractivity contribution >= 4 is 11.9 Å². The van der Waals surface area contributed by atoms with E-state index in [0.29, 0.717) is 6.54 Å². The van der Waals surface area contributed by atoms with Gasteiger partial charge in [-0.25, -0.2) is 9.59 Å². The Kier molecular flexibility index (Phi) is 5.64. The topological polar surface area (TPSA) is 65.1 Å². The summed E-state index contributed by atoms with van der Waals surface area (Å²) >= 11 is 0. The Hall–Kier alpha value is -1.56. The largest absolute Gasteiger partial charge is 0.466 e. The van der Waals surface area contributed by atoms with E-state index in [2.05, 4.69) is 4.74 Å². The van der Waals surface area contributed by atoms with Crippen LogP contribution in [0.15, 0.2) is 11.3 Å². The second-order valence-corrected chi connectivity index (χ2v) is 3.90. The summed E-state index contributed by atoms with van der Waals surface area (Å²) < 4.78 is 14.7. The van der Waals surface area contributed by atoms with E-state index >= 15 is 0 Å². The van der Waals surface area contributed by atoms with Gasteiger partial charge in [0.1, 0.15) is 12.4 Å². The Morgan fingerprint density at radius 3 is 2.50 bits per heavy atom. The summed E-state index contributed by atoms with van der Waals surface area (Å²) in [6.07, 6.45) is 1.89. The van der Waals surface area contributed by atoms with Crippen molar-refractivity contribution in [2.24, 2.45) is 0 Å². The van der Waals surface area contributed by atoms with Crippen molar-refractivity contribution in [1.29, 1.82) is 0 Å². The predicted octanol–water partition coefficient (Wildman–Crippen LogP) is 0.676. The molecular weight excluding hydrogens is 238 g/mol. The van der Waals surface area contributed by atoms with Gasteiger partial charge in [0.25, 0.3) is 0 Å². The fraction of sp³-hybridized carbons (Fsp3) is 0.667. The molecule has 1 heterocycles. The molecule has 0 aromatic carbocycles. The minimum Gasteiger partial charge on any atom is -0.466 e. The Morgan fingerprint density at radius 2 is 1.94 bits per heavy atom. The molecule has 0 N–H and O–H groups in total. The Bertz CT molecular complexity index is 350.